The molecule has 0 bridgehead atoms. The molecule has 0 aliphatic rings. The Hall–Kier alpha value is -0.640. The van der Waals surface area contributed by atoms with Gasteiger partial charge < -0.3 is 4.74 Å². The van der Waals surface area contributed by atoms with E-state index in [1.807, 2.05) is 13.2 Å². The Bertz CT molecular complexity index is 289. The normalized spacial score (nSPS) is 10.7. The lowest BCUT2D eigenvalue weighted by Crippen LogP contribution is -1.96. The topological polar surface area (TPSA) is 27.1 Å². The summed E-state index contributed by atoms with van der Waals surface area (Å²) in [6, 6.07) is 0. The van der Waals surface area contributed by atoms with E-state index in [0.29, 0.717) is 0 Å². The molecule has 0 atom stereocenters. The minimum Gasteiger partial charge on any atom is -0.490 e. The predicted molar refractivity (Wildman–Crippen MR) is 74.9 cm³/mol. The summed E-state index contributed by atoms with van der Waals surface area (Å²) in [5.41, 5.74) is 0. The summed E-state index contributed by atoms with van der Waals surface area (Å²) < 4.78 is 7.34. The number of nitrogens with zero attached hydrogens (tertiary/aromatic N) is 2. The molecule has 1 aromatic rings. The average molecular weight is 256 g/mol. The van der Waals surface area contributed by atoms with Gasteiger partial charge in [-0.1, -0.05) is 32.1 Å². The third-order valence-corrected chi connectivity index (χ3v) is 3.07. The highest BCUT2D eigenvalue weighted by Crippen LogP contribution is 2.10. The van der Waals surface area contributed by atoms with Crippen LogP contribution in [0.3, 0.4) is 0 Å². The van der Waals surface area contributed by atoms with Gasteiger partial charge in [-0.25, -0.2) is 0 Å². The molecule has 1 aromatic heterocycles. The summed E-state index contributed by atoms with van der Waals surface area (Å²) in [4.78, 5) is 0. The second-order valence-electron chi connectivity index (χ2n) is 4.40. The van der Waals surface area contributed by atoms with Crippen LogP contribution >= 0.6 is 12.6 Å². The van der Waals surface area contributed by atoms with Crippen molar-refractivity contribution in [3.63, 3.8) is 0 Å². The molecular weight excluding hydrogens is 232 g/mol. The fraction of sp³-hybridized carbons (Fsp3) is 0.769. The molecular formula is C13H24N2OS. The van der Waals surface area contributed by atoms with E-state index in [2.05, 4.69) is 17.7 Å². The molecule has 3 nitrogen and oxygen atoms in total. The first-order valence-electron chi connectivity index (χ1n) is 6.55. The fourth-order valence-electron chi connectivity index (χ4n) is 1.76. The SMILES string of the molecule is Cn1cc(OCCCCCCCCCS)cn1. The van der Waals surface area contributed by atoms with Gasteiger partial charge in [-0.15, -0.1) is 0 Å². The van der Waals surface area contributed by atoms with Crippen molar-refractivity contribution in [1.82, 2.24) is 9.78 Å². The first-order valence-corrected chi connectivity index (χ1v) is 7.18. The number of aryl methyl sites for hydroxylation is 1. The molecule has 4 heteroatoms. The van der Waals surface area contributed by atoms with Crippen molar-refractivity contribution in [3.05, 3.63) is 12.4 Å². The maximum absolute atomic E-state index is 5.58. The van der Waals surface area contributed by atoms with Crippen LogP contribution < -0.4 is 4.74 Å². The zero-order valence-corrected chi connectivity index (χ0v) is 11.7. The summed E-state index contributed by atoms with van der Waals surface area (Å²) in [5.74, 6) is 1.90. The van der Waals surface area contributed by atoms with Crippen molar-refractivity contribution in [3.8, 4) is 5.75 Å². The van der Waals surface area contributed by atoms with E-state index in [1.165, 1.54) is 38.5 Å². The molecule has 17 heavy (non-hydrogen) atoms. The molecule has 0 fully saturated rings. The van der Waals surface area contributed by atoms with E-state index in [1.54, 1.807) is 10.9 Å². The van der Waals surface area contributed by atoms with Gasteiger partial charge in [0.1, 0.15) is 0 Å². The van der Waals surface area contributed by atoms with Crippen LogP contribution in [-0.2, 0) is 7.05 Å². The number of thiol groups is 1. The third kappa shape index (κ3) is 7.31. The highest BCUT2D eigenvalue weighted by atomic mass is 32.1. The summed E-state index contributed by atoms with van der Waals surface area (Å²) in [6.07, 6.45) is 12.7. The van der Waals surface area contributed by atoms with Gasteiger partial charge in [0.05, 0.1) is 19.0 Å². The Morgan fingerprint density at radius 1 is 1.12 bits per heavy atom. The molecule has 0 saturated carbocycles. The van der Waals surface area contributed by atoms with Gasteiger partial charge in [0.25, 0.3) is 0 Å². The maximum Gasteiger partial charge on any atom is 0.157 e. The number of rotatable bonds is 10. The van der Waals surface area contributed by atoms with Crippen LogP contribution in [0.2, 0.25) is 0 Å². The van der Waals surface area contributed by atoms with Gasteiger partial charge in [0.15, 0.2) is 5.75 Å². The van der Waals surface area contributed by atoms with Crippen LogP contribution in [0.1, 0.15) is 44.9 Å². The zero-order valence-electron chi connectivity index (χ0n) is 10.8. The highest BCUT2D eigenvalue weighted by Gasteiger charge is 1.96. The van der Waals surface area contributed by atoms with Crippen molar-refractivity contribution >= 4 is 12.6 Å². The second kappa shape index (κ2) is 9.40. The summed E-state index contributed by atoms with van der Waals surface area (Å²) in [7, 11) is 1.90. The van der Waals surface area contributed by atoms with Crippen molar-refractivity contribution in [2.24, 2.45) is 7.05 Å². The quantitative estimate of drug-likeness (QED) is 0.513. The Kier molecular flexibility index (Phi) is 7.97. The van der Waals surface area contributed by atoms with Crippen LogP contribution in [-0.4, -0.2) is 22.1 Å². The van der Waals surface area contributed by atoms with Crippen molar-refractivity contribution in [1.29, 1.82) is 0 Å². The van der Waals surface area contributed by atoms with Gasteiger partial charge in [0, 0.05) is 7.05 Å². The number of unbranched alkanes of at least 4 members (excludes halogenated alkanes) is 6. The Labute approximate surface area is 110 Å². The molecule has 0 saturated heterocycles. The van der Waals surface area contributed by atoms with E-state index < -0.39 is 0 Å². The Balaban J connectivity index is 1.84. The lowest BCUT2D eigenvalue weighted by molar-refractivity contribution is 0.304. The van der Waals surface area contributed by atoms with Crippen molar-refractivity contribution in [2.75, 3.05) is 12.4 Å². The van der Waals surface area contributed by atoms with Gasteiger partial charge in [-0.2, -0.15) is 17.7 Å². The van der Waals surface area contributed by atoms with E-state index in [9.17, 15) is 0 Å². The number of ether oxygens (including phenoxy) is 1. The molecule has 0 amide bonds. The van der Waals surface area contributed by atoms with Crippen molar-refractivity contribution in [2.45, 2.75) is 44.9 Å². The zero-order chi connectivity index (χ0) is 12.3. The van der Waals surface area contributed by atoms with Crippen LogP contribution in [0, 0.1) is 0 Å². The van der Waals surface area contributed by atoms with Crippen LogP contribution in [0.15, 0.2) is 12.4 Å². The molecule has 0 aliphatic carbocycles. The number of hydrogen-bond acceptors (Lipinski definition) is 3. The van der Waals surface area contributed by atoms with Gasteiger partial charge in [0.2, 0.25) is 0 Å². The first kappa shape index (κ1) is 14.4. The highest BCUT2D eigenvalue weighted by molar-refractivity contribution is 7.80. The molecule has 0 radical (unpaired) electrons. The van der Waals surface area contributed by atoms with E-state index in [4.69, 9.17) is 4.74 Å². The maximum atomic E-state index is 5.58. The summed E-state index contributed by atoms with van der Waals surface area (Å²) in [5, 5.41) is 4.06. The Morgan fingerprint density at radius 2 is 1.76 bits per heavy atom. The lowest BCUT2D eigenvalue weighted by atomic mass is 10.1. The smallest absolute Gasteiger partial charge is 0.157 e. The Morgan fingerprint density at radius 3 is 2.35 bits per heavy atom. The average Bonchev–Trinajstić information content (AvgIpc) is 2.73. The first-order chi connectivity index (χ1) is 8.33. The van der Waals surface area contributed by atoms with E-state index >= 15 is 0 Å². The van der Waals surface area contributed by atoms with Crippen LogP contribution in [0.25, 0.3) is 0 Å². The van der Waals surface area contributed by atoms with Crippen LogP contribution in [0.4, 0.5) is 0 Å². The third-order valence-electron chi connectivity index (χ3n) is 2.75. The molecule has 98 valence electrons. The molecule has 1 rings (SSSR count). The minimum absolute atomic E-state index is 0.808. The van der Waals surface area contributed by atoms with Crippen molar-refractivity contribution < 1.29 is 4.74 Å². The largest absolute Gasteiger partial charge is 0.490 e. The van der Waals surface area contributed by atoms with Gasteiger partial charge in [-0.3, -0.25) is 4.68 Å². The summed E-state index contributed by atoms with van der Waals surface area (Å²) >= 11 is 4.20. The van der Waals surface area contributed by atoms with Crippen LogP contribution in [0.5, 0.6) is 5.75 Å². The summed E-state index contributed by atoms with van der Waals surface area (Å²) in [6.45, 7) is 0.808. The molecule has 0 aromatic carbocycles. The predicted octanol–water partition coefficient (Wildman–Crippen LogP) is 3.46. The minimum atomic E-state index is 0.808. The fourth-order valence-corrected chi connectivity index (χ4v) is 1.98. The molecule has 0 aliphatic heterocycles. The van der Waals surface area contributed by atoms with Gasteiger partial charge in [-0.05, 0) is 18.6 Å². The molecule has 0 N–H and O–H groups in total. The monoisotopic (exact) mass is 256 g/mol. The van der Waals surface area contributed by atoms with E-state index in [0.717, 1.165) is 24.5 Å². The number of aromatic nitrogens is 2. The molecule has 0 spiro atoms. The van der Waals surface area contributed by atoms with Gasteiger partial charge >= 0.3 is 0 Å². The standard InChI is InChI=1S/C13H24N2OS/c1-15-12-13(11-14-15)16-9-7-5-3-2-4-6-8-10-17/h11-12,17H,2-10H2,1H3. The molecule has 0 unspecified atom stereocenters. The van der Waals surface area contributed by atoms with E-state index in [-0.39, 0.29) is 0 Å². The lowest BCUT2D eigenvalue weighted by Gasteiger charge is -2.03. The molecule has 1 heterocycles. The second-order valence-corrected chi connectivity index (χ2v) is 4.84. The number of hydrogen-bond donors (Lipinski definition) is 1.